The molecule has 0 aromatic heterocycles. The van der Waals surface area contributed by atoms with E-state index in [-0.39, 0.29) is 32.7 Å². The Morgan fingerprint density at radius 2 is 1.27 bits per heavy atom. The molecule has 1 amide bonds. The Kier molecular flexibility index (Phi) is 9.94. The third-order valence-corrected chi connectivity index (χ3v) is 10.2. The molecule has 0 radical (unpaired) electrons. The summed E-state index contributed by atoms with van der Waals surface area (Å²) in [5.41, 5.74) is 3.08. The van der Waals surface area contributed by atoms with E-state index >= 15 is 0 Å². The van der Waals surface area contributed by atoms with E-state index in [2.05, 4.69) is 15.4 Å². The molecule has 11 nitrogen and oxygen atoms in total. The van der Waals surface area contributed by atoms with Crippen LogP contribution in [0.5, 0.6) is 17.2 Å². The molecule has 3 N–H and O–H groups in total. The van der Waals surface area contributed by atoms with Crippen molar-refractivity contribution in [1.29, 1.82) is 0 Å². The van der Waals surface area contributed by atoms with Crippen molar-refractivity contribution in [2.45, 2.75) is 35.5 Å². The minimum atomic E-state index is -4.03. The molecule has 13 heteroatoms. The maximum atomic E-state index is 13.8. The van der Waals surface area contributed by atoms with Crippen LogP contribution in [-0.4, -0.2) is 50.6 Å². The zero-order chi connectivity index (χ0) is 32.9. The summed E-state index contributed by atoms with van der Waals surface area (Å²) >= 11 is 0. The fraction of sp³-hybridized carbons (Fsp3) is 0.219. The number of methoxy groups -OCH3 is 3. The number of carbonyl (C=O) groups excluding carboxylic acids is 1. The van der Waals surface area contributed by atoms with Crippen LogP contribution < -0.4 is 29.6 Å². The fourth-order valence-electron chi connectivity index (χ4n) is 4.75. The van der Waals surface area contributed by atoms with Gasteiger partial charge in [0.05, 0.1) is 53.9 Å². The summed E-state index contributed by atoms with van der Waals surface area (Å²) in [6.07, 6.45) is 0. The number of rotatable bonds is 12. The Hall–Kier alpha value is -4.75. The third kappa shape index (κ3) is 7.49. The van der Waals surface area contributed by atoms with Gasteiger partial charge in [-0.25, -0.2) is 16.8 Å². The molecule has 0 unspecified atom stereocenters. The van der Waals surface area contributed by atoms with Gasteiger partial charge in [0.2, 0.25) is 15.7 Å². The van der Waals surface area contributed by atoms with Crippen molar-refractivity contribution >= 4 is 42.8 Å². The SMILES string of the molecule is COc1ccc(C)cc1NS(=O)(=O)c1ccc(NC(=O)CNc2cc(C)cc(C)c2S(=O)(=O)c2ccc(OC)c(OC)c2)cc1. The molecule has 4 aromatic rings. The van der Waals surface area contributed by atoms with Crippen molar-refractivity contribution in [1.82, 2.24) is 0 Å². The van der Waals surface area contributed by atoms with Crippen LogP contribution in [0.2, 0.25) is 0 Å². The van der Waals surface area contributed by atoms with Gasteiger partial charge in [0, 0.05) is 11.8 Å². The molecule has 0 aliphatic heterocycles. The summed E-state index contributed by atoms with van der Waals surface area (Å²) in [5.74, 6) is 0.563. The lowest BCUT2D eigenvalue weighted by Gasteiger charge is -2.17. The van der Waals surface area contributed by atoms with Crippen LogP contribution in [-0.2, 0) is 24.7 Å². The summed E-state index contributed by atoms with van der Waals surface area (Å²) in [4.78, 5) is 12.9. The first-order valence-electron chi connectivity index (χ1n) is 13.7. The molecule has 0 aliphatic rings. The van der Waals surface area contributed by atoms with E-state index in [9.17, 15) is 21.6 Å². The number of carbonyl (C=O) groups is 1. The van der Waals surface area contributed by atoms with Gasteiger partial charge >= 0.3 is 0 Å². The Morgan fingerprint density at radius 3 is 1.91 bits per heavy atom. The molecule has 0 bridgehead atoms. The summed E-state index contributed by atoms with van der Waals surface area (Å²) in [6, 6.07) is 18.5. The van der Waals surface area contributed by atoms with Crippen LogP contribution in [0.25, 0.3) is 0 Å². The van der Waals surface area contributed by atoms with Crippen LogP contribution in [0.4, 0.5) is 17.1 Å². The molecule has 0 heterocycles. The first kappa shape index (κ1) is 33.1. The number of benzene rings is 4. The standard InChI is InChI=1S/C32H35N3O8S2/c1-20-7-13-28(41-4)26(16-20)35-45(39,40)24-10-8-23(9-11-24)34-31(36)19-33-27-17-21(2)15-22(3)32(27)44(37,38)25-12-14-29(42-5)30(18-25)43-6/h7-18,33,35H,19H2,1-6H3,(H,34,36). The molecule has 0 saturated carbocycles. The zero-order valence-electron chi connectivity index (χ0n) is 25.7. The van der Waals surface area contributed by atoms with Crippen molar-refractivity contribution in [3.05, 3.63) is 89.5 Å². The van der Waals surface area contributed by atoms with E-state index in [1.165, 1.54) is 63.8 Å². The Bertz CT molecular complexity index is 1940. The topological polar surface area (TPSA) is 149 Å². The maximum absolute atomic E-state index is 13.8. The molecule has 4 aromatic carbocycles. The van der Waals surface area contributed by atoms with Crippen LogP contribution in [0.15, 0.2) is 87.5 Å². The van der Waals surface area contributed by atoms with Gasteiger partial charge in [0.1, 0.15) is 5.75 Å². The largest absolute Gasteiger partial charge is 0.495 e. The van der Waals surface area contributed by atoms with Gasteiger partial charge in [-0.2, -0.15) is 0 Å². The highest BCUT2D eigenvalue weighted by atomic mass is 32.2. The lowest BCUT2D eigenvalue weighted by Crippen LogP contribution is -2.23. The summed E-state index contributed by atoms with van der Waals surface area (Å²) in [6.45, 7) is 5.09. The number of hydrogen-bond acceptors (Lipinski definition) is 9. The first-order chi connectivity index (χ1) is 21.3. The second kappa shape index (κ2) is 13.5. The number of hydrogen-bond donors (Lipinski definition) is 3. The van der Waals surface area contributed by atoms with E-state index in [1.807, 2.05) is 13.8 Å². The molecule has 0 aliphatic carbocycles. The first-order valence-corrected chi connectivity index (χ1v) is 16.6. The van der Waals surface area contributed by atoms with Gasteiger partial charge in [-0.05, 0) is 92.1 Å². The lowest BCUT2D eigenvalue weighted by molar-refractivity contribution is -0.114. The van der Waals surface area contributed by atoms with Gasteiger partial charge in [-0.1, -0.05) is 12.1 Å². The van der Waals surface area contributed by atoms with Crippen LogP contribution in [0.3, 0.4) is 0 Å². The normalized spacial score (nSPS) is 11.4. The highest BCUT2D eigenvalue weighted by molar-refractivity contribution is 7.92. The van der Waals surface area contributed by atoms with Crippen molar-refractivity contribution < 1.29 is 35.8 Å². The summed E-state index contributed by atoms with van der Waals surface area (Å²) in [7, 11) is -3.64. The molecular formula is C32H35N3O8S2. The van der Waals surface area contributed by atoms with Crippen molar-refractivity contribution in [3.63, 3.8) is 0 Å². The summed E-state index contributed by atoms with van der Waals surface area (Å²) < 4.78 is 71.8. The highest BCUT2D eigenvalue weighted by Crippen LogP contribution is 2.36. The smallest absolute Gasteiger partial charge is 0.262 e. The van der Waals surface area contributed by atoms with E-state index in [0.717, 1.165) is 11.1 Å². The quantitative estimate of drug-likeness (QED) is 0.185. The maximum Gasteiger partial charge on any atom is 0.262 e. The predicted molar refractivity (Wildman–Crippen MR) is 173 cm³/mol. The second-order valence-electron chi connectivity index (χ2n) is 10.2. The highest BCUT2D eigenvalue weighted by Gasteiger charge is 2.26. The van der Waals surface area contributed by atoms with Gasteiger partial charge < -0.3 is 24.8 Å². The number of ether oxygens (including phenoxy) is 3. The third-order valence-electron chi connectivity index (χ3n) is 6.84. The molecule has 0 saturated heterocycles. The second-order valence-corrected chi connectivity index (χ2v) is 13.8. The monoisotopic (exact) mass is 653 g/mol. The van der Waals surface area contributed by atoms with E-state index < -0.39 is 25.8 Å². The molecule has 45 heavy (non-hydrogen) atoms. The molecular weight excluding hydrogens is 618 g/mol. The number of anilines is 3. The van der Waals surface area contributed by atoms with E-state index in [0.29, 0.717) is 28.4 Å². The molecule has 0 fully saturated rings. The lowest BCUT2D eigenvalue weighted by atomic mass is 10.1. The minimum Gasteiger partial charge on any atom is -0.495 e. The number of sulfonamides is 1. The Labute approximate surface area is 263 Å². The Morgan fingerprint density at radius 1 is 0.667 bits per heavy atom. The molecule has 4 rings (SSSR count). The average Bonchev–Trinajstić information content (AvgIpc) is 2.99. The number of sulfone groups is 1. The fourth-order valence-corrected chi connectivity index (χ4v) is 7.46. The van der Waals surface area contributed by atoms with Gasteiger partial charge in [-0.15, -0.1) is 0 Å². The molecule has 238 valence electrons. The zero-order valence-corrected chi connectivity index (χ0v) is 27.4. The van der Waals surface area contributed by atoms with Gasteiger partial charge in [-0.3, -0.25) is 9.52 Å². The minimum absolute atomic E-state index is 0.00461. The summed E-state index contributed by atoms with van der Waals surface area (Å²) in [5, 5.41) is 5.65. The van der Waals surface area contributed by atoms with Crippen LogP contribution in [0.1, 0.15) is 16.7 Å². The molecule has 0 atom stereocenters. The number of amides is 1. The van der Waals surface area contributed by atoms with Crippen molar-refractivity contribution in [2.24, 2.45) is 0 Å². The van der Waals surface area contributed by atoms with E-state index in [4.69, 9.17) is 14.2 Å². The predicted octanol–water partition coefficient (Wildman–Crippen LogP) is 5.32. The Balaban J connectivity index is 1.50. The average molecular weight is 654 g/mol. The number of nitrogens with one attached hydrogen (secondary N) is 3. The van der Waals surface area contributed by atoms with Gasteiger partial charge in [0.15, 0.2) is 11.5 Å². The van der Waals surface area contributed by atoms with E-state index in [1.54, 1.807) is 37.3 Å². The molecule has 0 spiro atoms. The number of aryl methyl sites for hydroxylation is 3. The van der Waals surface area contributed by atoms with Gasteiger partial charge in [0.25, 0.3) is 10.0 Å². The van der Waals surface area contributed by atoms with Crippen LogP contribution >= 0.6 is 0 Å². The van der Waals surface area contributed by atoms with Crippen molar-refractivity contribution in [3.8, 4) is 17.2 Å². The van der Waals surface area contributed by atoms with Crippen molar-refractivity contribution in [2.75, 3.05) is 43.2 Å². The van der Waals surface area contributed by atoms with Crippen LogP contribution in [0, 0.1) is 20.8 Å².